The van der Waals surface area contributed by atoms with Crippen molar-refractivity contribution in [2.75, 3.05) is 19.7 Å². The maximum Gasteiger partial charge on any atom is 0.261 e. The van der Waals surface area contributed by atoms with E-state index in [1.165, 1.54) is 10.4 Å². The maximum absolute atomic E-state index is 6.87. The van der Waals surface area contributed by atoms with E-state index < -0.39 is 8.32 Å². The van der Waals surface area contributed by atoms with Crippen molar-refractivity contribution >= 4 is 18.7 Å². The molecule has 0 aliphatic rings. The molecule has 2 rings (SSSR count). The Labute approximate surface area is 166 Å². The van der Waals surface area contributed by atoms with E-state index in [2.05, 4.69) is 99.9 Å². The van der Waals surface area contributed by atoms with Gasteiger partial charge in [-0.05, 0) is 21.8 Å². The summed E-state index contributed by atoms with van der Waals surface area (Å²) in [6.45, 7) is 17.1. The van der Waals surface area contributed by atoms with Gasteiger partial charge in [-0.1, -0.05) is 99.7 Å². The van der Waals surface area contributed by atoms with Crippen LogP contribution in [0, 0.1) is 0 Å². The molecule has 3 heteroatoms. The van der Waals surface area contributed by atoms with Crippen LogP contribution < -0.4 is 15.7 Å². The first-order chi connectivity index (χ1) is 12.9. The molecule has 0 bridgehead atoms. The molecule has 0 unspecified atom stereocenters. The summed E-state index contributed by atoms with van der Waals surface area (Å²) >= 11 is 0. The van der Waals surface area contributed by atoms with Crippen LogP contribution in [0.4, 0.5) is 0 Å². The van der Waals surface area contributed by atoms with Crippen LogP contribution in [0.2, 0.25) is 5.04 Å². The Hall–Kier alpha value is -1.94. The minimum atomic E-state index is -2.43. The molecule has 0 aromatic heterocycles. The molecule has 2 aromatic rings. The fraction of sp³-hybridized carbons (Fsp3) is 0.333. The average Bonchev–Trinajstić information content (AvgIpc) is 2.66. The summed E-state index contributed by atoms with van der Waals surface area (Å²) in [5.41, 5.74) is 1.16. The zero-order valence-corrected chi connectivity index (χ0v) is 18.0. The maximum atomic E-state index is 6.87. The van der Waals surface area contributed by atoms with Crippen LogP contribution in [0.1, 0.15) is 27.2 Å². The lowest BCUT2D eigenvalue weighted by Gasteiger charge is -2.43. The van der Waals surface area contributed by atoms with Gasteiger partial charge in [-0.25, -0.2) is 0 Å². The number of hydrogen-bond donors (Lipinski definition) is 1. The highest BCUT2D eigenvalue weighted by atomic mass is 28.4. The standard InChI is InChI=1S/C24H33NOSi/c1-6-18-25-20-21(2)17-19-26-27(24(3,4)5,22-13-9-7-10-14-22)23-15-11-8-12-16-23/h6-16,25H,1-2,17-20H2,3-5H3. The van der Waals surface area contributed by atoms with Gasteiger partial charge in [0.2, 0.25) is 0 Å². The molecule has 0 heterocycles. The smallest absolute Gasteiger partial charge is 0.261 e. The van der Waals surface area contributed by atoms with Gasteiger partial charge in [-0.15, -0.1) is 6.58 Å². The predicted molar refractivity (Wildman–Crippen MR) is 120 cm³/mol. The lowest BCUT2D eigenvalue weighted by Crippen LogP contribution is -2.66. The molecule has 0 atom stereocenters. The summed E-state index contributed by atoms with van der Waals surface area (Å²) < 4.78 is 6.87. The van der Waals surface area contributed by atoms with Gasteiger partial charge in [0.25, 0.3) is 8.32 Å². The fourth-order valence-electron chi connectivity index (χ4n) is 3.55. The van der Waals surface area contributed by atoms with Gasteiger partial charge in [-0.3, -0.25) is 0 Å². The van der Waals surface area contributed by atoms with Gasteiger partial charge in [0, 0.05) is 19.7 Å². The second kappa shape index (κ2) is 9.84. The minimum Gasteiger partial charge on any atom is -0.407 e. The Morgan fingerprint density at radius 1 is 1.00 bits per heavy atom. The molecule has 0 spiro atoms. The van der Waals surface area contributed by atoms with Crippen LogP contribution in [-0.4, -0.2) is 28.0 Å². The molecule has 27 heavy (non-hydrogen) atoms. The largest absolute Gasteiger partial charge is 0.407 e. The van der Waals surface area contributed by atoms with Crippen LogP contribution in [0.5, 0.6) is 0 Å². The third kappa shape index (κ3) is 5.29. The van der Waals surface area contributed by atoms with Crippen molar-refractivity contribution in [2.45, 2.75) is 32.2 Å². The topological polar surface area (TPSA) is 21.3 Å². The minimum absolute atomic E-state index is 0.0120. The van der Waals surface area contributed by atoms with Crippen molar-refractivity contribution in [2.24, 2.45) is 0 Å². The van der Waals surface area contributed by atoms with Crippen LogP contribution >= 0.6 is 0 Å². The average molecular weight is 380 g/mol. The number of nitrogens with one attached hydrogen (secondary N) is 1. The Balaban J connectivity index is 2.30. The number of rotatable bonds is 10. The summed E-state index contributed by atoms with van der Waals surface area (Å²) in [5.74, 6) is 0. The van der Waals surface area contributed by atoms with Gasteiger partial charge in [0.15, 0.2) is 0 Å². The molecule has 0 saturated heterocycles. The fourth-order valence-corrected chi connectivity index (χ4v) is 8.11. The van der Waals surface area contributed by atoms with Crippen LogP contribution in [0.25, 0.3) is 0 Å². The highest BCUT2D eigenvalue weighted by Gasteiger charge is 2.49. The van der Waals surface area contributed by atoms with E-state index in [0.717, 1.165) is 25.1 Å². The summed E-state index contributed by atoms with van der Waals surface area (Å²) in [4.78, 5) is 0. The Morgan fingerprint density at radius 3 is 1.96 bits per heavy atom. The van der Waals surface area contributed by atoms with Gasteiger partial charge in [-0.2, -0.15) is 0 Å². The summed E-state index contributed by atoms with van der Waals surface area (Å²) in [5, 5.41) is 5.96. The molecule has 1 N–H and O–H groups in total. The Bertz CT molecular complexity index is 680. The van der Waals surface area contributed by atoms with Gasteiger partial charge < -0.3 is 9.74 Å². The quantitative estimate of drug-likeness (QED) is 0.378. The third-order valence-electron chi connectivity index (χ3n) is 4.85. The summed E-state index contributed by atoms with van der Waals surface area (Å²) in [6, 6.07) is 21.5. The van der Waals surface area contributed by atoms with Crippen molar-refractivity contribution in [1.82, 2.24) is 5.32 Å². The van der Waals surface area contributed by atoms with E-state index in [1.807, 2.05) is 6.08 Å². The van der Waals surface area contributed by atoms with E-state index in [4.69, 9.17) is 4.43 Å². The van der Waals surface area contributed by atoms with Crippen molar-refractivity contribution in [1.29, 1.82) is 0 Å². The monoisotopic (exact) mass is 379 g/mol. The molecule has 0 aliphatic carbocycles. The Kier molecular flexibility index (Phi) is 7.78. The second-order valence-electron chi connectivity index (χ2n) is 7.93. The van der Waals surface area contributed by atoms with Crippen LogP contribution in [0.3, 0.4) is 0 Å². The highest BCUT2D eigenvalue weighted by Crippen LogP contribution is 2.36. The van der Waals surface area contributed by atoms with Gasteiger partial charge in [0.05, 0.1) is 0 Å². The van der Waals surface area contributed by atoms with E-state index in [1.54, 1.807) is 0 Å². The van der Waals surface area contributed by atoms with Crippen molar-refractivity contribution in [3.63, 3.8) is 0 Å². The molecule has 0 radical (unpaired) electrons. The molecule has 2 aromatic carbocycles. The molecule has 2 nitrogen and oxygen atoms in total. The predicted octanol–water partition coefficient (Wildman–Crippen LogP) is 4.28. The van der Waals surface area contributed by atoms with Gasteiger partial charge in [0.1, 0.15) is 0 Å². The van der Waals surface area contributed by atoms with E-state index in [0.29, 0.717) is 6.61 Å². The Morgan fingerprint density at radius 2 is 1.52 bits per heavy atom. The zero-order chi connectivity index (χ0) is 19.8. The van der Waals surface area contributed by atoms with Gasteiger partial charge >= 0.3 is 0 Å². The van der Waals surface area contributed by atoms with Crippen molar-refractivity contribution in [3.8, 4) is 0 Å². The number of benzene rings is 2. The molecular weight excluding hydrogens is 346 g/mol. The lowest BCUT2D eigenvalue weighted by atomic mass is 10.2. The summed E-state index contributed by atoms with van der Waals surface area (Å²) in [7, 11) is -2.43. The lowest BCUT2D eigenvalue weighted by molar-refractivity contribution is 0.300. The SMILES string of the molecule is C=CCNCC(=C)CCO[Si](c1ccccc1)(c1ccccc1)C(C)(C)C. The molecule has 0 saturated carbocycles. The van der Waals surface area contributed by atoms with Crippen LogP contribution in [0.15, 0.2) is 85.5 Å². The number of hydrogen-bond acceptors (Lipinski definition) is 2. The highest BCUT2D eigenvalue weighted by molar-refractivity contribution is 6.99. The normalized spacial score (nSPS) is 12.0. The first kappa shape index (κ1) is 21.4. The molecule has 144 valence electrons. The first-order valence-corrected chi connectivity index (χ1v) is 11.6. The third-order valence-corrected chi connectivity index (χ3v) is 9.90. The van der Waals surface area contributed by atoms with E-state index in [9.17, 15) is 0 Å². The summed E-state index contributed by atoms with van der Waals surface area (Å²) in [6.07, 6.45) is 2.72. The second-order valence-corrected chi connectivity index (χ2v) is 12.2. The van der Waals surface area contributed by atoms with Crippen molar-refractivity contribution in [3.05, 3.63) is 85.5 Å². The molecule has 0 aliphatic heterocycles. The van der Waals surface area contributed by atoms with Crippen molar-refractivity contribution < 1.29 is 4.43 Å². The van der Waals surface area contributed by atoms with Crippen LogP contribution in [-0.2, 0) is 4.43 Å². The first-order valence-electron chi connectivity index (χ1n) is 9.65. The molecule has 0 fully saturated rings. The molecule has 0 amide bonds. The van der Waals surface area contributed by atoms with E-state index in [-0.39, 0.29) is 5.04 Å². The molecular formula is C24H33NOSi. The zero-order valence-electron chi connectivity index (χ0n) is 17.0. The van der Waals surface area contributed by atoms with E-state index >= 15 is 0 Å².